The van der Waals surface area contributed by atoms with Gasteiger partial charge in [-0.1, -0.05) is 12.1 Å². The van der Waals surface area contributed by atoms with E-state index in [4.69, 9.17) is 0 Å². The maximum absolute atomic E-state index is 13.2. The van der Waals surface area contributed by atoms with Gasteiger partial charge in [-0.15, -0.1) is 0 Å². The minimum Gasteiger partial charge on any atom is -0.481 e. The summed E-state index contributed by atoms with van der Waals surface area (Å²) in [7, 11) is 0. The molecular weight excluding hydrogens is 367 g/mol. The number of nitrogens with zero attached hydrogens (tertiary/aromatic N) is 1. The third-order valence-electron chi connectivity index (χ3n) is 5.14. The van der Waals surface area contributed by atoms with Gasteiger partial charge in [0.25, 0.3) is 5.91 Å². The number of aromatic nitrogens is 1. The summed E-state index contributed by atoms with van der Waals surface area (Å²) >= 11 is 0. The van der Waals surface area contributed by atoms with Crippen LogP contribution in [0.25, 0.3) is 0 Å². The number of nitrogens with one attached hydrogen (secondary N) is 1. The SMILES string of the molecule is Cc1cc(=O)cc(C(=O)N2CC[C@@H](O)[C@](Cc3ccc(F)cc3)(C(=O)O)C2)[nH]1. The van der Waals surface area contributed by atoms with Gasteiger partial charge in [-0.25, -0.2) is 4.39 Å². The molecule has 1 saturated heterocycles. The molecule has 1 amide bonds. The average molecular weight is 388 g/mol. The molecule has 0 aliphatic carbocycles. The Balaban J connectivity index is 1.92. The lowest BCUT2D eigenvalue weighted by atomic mass is 9.72. The quantitative estimate of drug-likeness (QED) is 0.732. The van der Waals surface area contributed by atoms with Crippen molar-refractivity contribution < 1.29 is 24.2 Å². The highest BCUT2D eigenvalue weighted by Gasteiger charge is 2.50. The predicted octanol–water partition coefficient (Wildman–Crippen LogP) is 1.34. The van der Waals surface area contributed by atoms with Crippen LogP contribution in [0.4, 0.5) is 4.39 Å². The van der Waals surface area contributed by atoms with Gasteiger partial charge >= 0.3 is 5.97 Å². The fourth-order valence-corrected chi connectivity index (χ4v) is 3.65. The Labute approximate surface area is 160 Å². The van der Waals surface area contributed by atoms with Crippen LogP contribution < -0.4 is 5.43 Å². The number of pyridine rings is 1. The van der Waals surface area contributed by atoms with Crippen LogP contribution in [0.2, 0.25) is 0 Å². The smallest absolute Gasteiger partial charge is 0.314 e. The van der Waals surface area contributed by atoms with Crippen LogP contribution in [-0.4, -0.2) is 51.2 Å². The Morgan fingerprint density at radius 1 is 1.29 bits per heavy atom. The van der Waals surface area contributed by atoms with E-state index >= 15 is 0 Å². The van der Waals surface area contributed by atoms with Crippen LogP contribution in [0.15, 0.2) is 41.2 Å². The zero-order valence-electron chi connectivity index (χ0n) is 15.3. The standard InChI is InChI=1S/C20H21FN2O5/c1-12-8-15(24)9-16(22-12)18(26)23-7-6-17(25)20(11-23,19(27)28)10-13-2-4-14(21)5-3-13/h2-5,8-9,17,25H,6-7,10-11H2,1H3,(H,22,24)(H,27,28)/t17-,20-/m1/s1. The summed E-state index contributed by atoms with van der Waals surface area (Å²) in [5.74, 6) is -2.19. The summed E-state index contributed by atoms with van der Waals surface area (Å²) in [4.78, 5) is 40.8. The van der Waals surface area contributed by atoms with Crippen molar-refractivity contribution in [2.24, 2.45) is 5.41 Å². The molecule has 3 N–H and O–H groups in total. The maximum Gasteiger partial charge on any atom is 0.314 e. The highest BCUT2D eigenvalue weighted by molar-refractivity contribution is 5.93. The first-order valence-corrected chi connectivity index (χ1v) is 8.87. The number of piperidine rings is 1. The van der Waals surface area contributed by atoms with Crippen molar-refractivity contribution in [3.05, 3.63) is 69.4 Å². The molecule has 3 rings (SSSR count). The van der Waals surface area contributed by atoms with Crippen LogP contribution >= 0.6 is 0 Å². The summed E-state index contributed by atoms with van der Waals surface area (Å²) in [6.45, 7) is 1.58. The number of aliphatic carboxylic acids is 1. The number of aliphatic hydroxyl groups is 1. The highest BCUT2D eigenvalue weighted by atomic mass is 19.1. The van der Waals surface area contributed by atoms with Gasteiger partial charge in [0.15, 0.2) is 5.43 Å². The number of likely N-dealkylation sites (tertiary alicyclic amines) is 1. The maximum atomic E-state index is 13.2. The number of H-pyrrole nitrogens is 1. The second-order valence-electron chi connectivity index (χ2n) is 7.21. The molecule has 1 aromatic heterocycles. The third-order valence-corrected chi connectivity index (χ3v) is 5.14. The number of halogens is 1. The molecule has 0 saturated carbocycles. The third kappa shape index (κ3) is 3.82. The van der Waals surface area contributed by atoms with Gasteiger partial charge in [0.2, 0.25) is 0 Å². The molecule has 1 fully saturated rings. The van der Waals surface area contributed by atoms with Crippen LogP contribution in [-0.2, 0) is 11.2 Å². The normalized spacial score (nSPS) is 22.1. The Morgan fingerprint density at radius 2 is 1.96 bits per heavy atom. The van der Waals surface area contributed by atoms with Crippen molar-refractivity contribution >= 4 is 11.9 Å². The second kappa shape index (κ2) is 7.55. The zero-order chi connectivity index (χ0) is 20.5. The second-order valence-corrected chi connectivity index (χ2v) is 7.21. The molecule has 1 aliphatic rings. The van der Waals surface area contributed by atoms with E-state index in [1.54, 1.807) is 6.92 Å². The van der Waals surface area contributed by atoms with Gasteiger partial charge < -0.3 is 20.1 Å². The summed E-state index contributed by atoms with van der Waals surface area (Å²) < 4.78 is 13.2. The van der Waals surface area contributed by atoms with Crippen molar-refractivity contribution in [3.8, 4) is 0 Å². The number of carbonyl (C=O) groups excluding carboxylic acids is 1. The summed E-state index contributed by atoms with van der Waals surface area (Å²) in [5.41, 5.74) is -0.824. The van der Waals surface area contributed by atoms with Gasteiger partial charge in [0.1, 0.15) is 16.9 Å². The molecule has 0 radical (unpaired) electrons. The number of carboxylic acid groups (broad SMARTS) is 1. The van der Waals surface area contributed by atoms with E-state index in [1.165, 1.54) is 41.3 Å². The lowest BCUT2D eigenvalue weighted by molar-refractivity contribution is -0.161. The first-order valence-electron chi connectivity index (χ1n) is 8.87. The van der Waals surface area contributed by atoms with Gasteiger partial charge in [0, 0.05) is 30.9 Å². The minimum absolute atomic E-state index is 0.0576. The fraction of sp³-hybridized carbons (Fsp3) is 0.350. The van der Waals surface area contributed by atoms with E-state index in [9.17, 15) is 29.0 Å². The van der Waals surface area contributed by atoms with Crippen molar-refractivity contribution in [1.29, 1.82) is 0 Å². The monoisotopic (exact) mass is 388 g/mol. The minimum atomic E-state index is -1.63. The number of hydrogen-bond donors (Lipinski definition) is 3. The molecule has 28 heavy (non-hydrogen) atoms. The molecule has 148 valence electrons. The number of carbonyl (C=O) groups is 2. The topological polar surface area (TPSA) is 111 Å². The molecule has 0 spiro atoms. The molecule has 0 unspecified atom stereocenters. The van der Waals surface area contributed by atoms with E-state index in [0.717, 1.165) is 0 Å². The van der Waals surface area contributed by atoms with Gasteiger partial charge in [-0.3, -0.25) is 14.4 Å². The molecule has 0 bridgehead atoms. The molecule has 1 aromatic carbocycles. The van der Waals surface area contributed by atoms with Crippen molar-refractivity contribution in [1.82, 2.24) is 9.88 Å². The summed E-state index contributed by atoms with van der Waals surface area (Å²) in [5, 5.41) is 20.4. The zero-order valence-corrected chi connectivity index (χ0v) is 15.3. The fourth-order valence-electron chi connectivity index (χ4n) is 3.65. The van der Waals surface area contributed by atoms with Gasteiger partial charge in [-0.2, -0.15) is 0 Å². The number of carboxylic acids is 1. The number of amides is 1. The van der Waals surface area contributed by atoms with Crippen LogP contribution in [0.3, 0.4) is 0 Å². The number of aliphatic hydroxyl groups excluding tert-OH is 1. The Kier molecular flexibility index (Phi) is 5.33. The molecule has 2 atom stereocenters. The van der Waals surface area contributed by atoms with Crippen LogP contribution in [0.1, 0.15) is 28.2 Å². The first kappa shape index (κ1) is 19.8. The number of aromatic amines is 1. The van der Waals surface area contributed by atoms with Crippen molar-refractivity contribution in [3.63, 3.8) is 0 Å². The Morgan fingerprint density at radius 3 is 2.57 bits per heavy atom. The Hall–Kier alpha value is -3.00. The van der Waals surface area contributed by atoms with Gasteiger partial charge in [0.05, 0.1) is 6.10 Å². The highest BCUT2D eigenvalue weighted by Crippen LogP contribution is 2.35. The van der Waals surface area contributed by atoms with Crippen molar-refractivity contribution in [2.75, 3.05) is 13.1 Å². The van der Waals surface area contributed by atoms with E-state index < -0.39 is 29.2 Å². The van der Waals surface area contributed by atoms with E-state index in [1.807, 2.05) is 0 Å². The molecule has 1 aliphatic heterocycles. The number of aryl methyl sites for hydroxylation is 1. The van der Waals surface area contributed by atoms with Crippen LogP contribution in [0, 0.1) is 18.2 Å². The van der Waals surface area contributed by atoms with Crippen LogP contribution in [0.5, 0.6) is 0 Å². The molecule has 2 heterocycles. The van der Waals surface area contributed by atoms with E-state index in [-0.39, 0.29) is 37.1 Å². The molecule has 7 nitrogen and oxygen atoms in total. The number of rotatable bonds is 4. The lowest BCUT2D eigenvalue weighted by Gasteiger charge is -2.43. The summed E-state index contributed by atoms with van der Waals surface area (Å²) in [6, 6.07) is 7.90. The largest absolute Gasteiger partial charge is 0.481 e. The summed E-state index contributed by atoms with van der Waals surface area (Å²) in [6.07, 6.45) is -1.15. The number of hydrogen-bond acceptors (Lipinski definition) is 4. The van der Waals surface area contributed by atoms with Crippen molar-refractivity contribution in [2.45, 2.75) is 25.9 Å². The molecule has 8 heteroatoms. The Bertz CT molecular complexity index is 956. The molecule has 2 aromatic rings. The van der Waals surface area contributed by atoms with E-state index in [2.05, 4.69) is 4.98 Å². The number of benzene rings is 1. The average Bonchev–Trinajstić information content (AvgIpc) is 2.64. The lowest BCUT2D eigenvalue weighted by Crippen LogP contribution is -2.58. The van der Waals surface area contributed by atoms with E-state index in [0.29, 0.717) is 11.3 Å². The van der Waals surface area contributed by atoms with Gasteiger partial charge in [-0.05, 0) is 37.5 Å². The predicted molar refractivity (Wildman–Crippen MR) is 98.5 cm³/mol. The molecular formula is C20H21FN2O5. The first-order chi connectivity index (χ1) is 13.2.